The summed E-state index contributed by atoms with van der Waals surface area (Å²) >= 11 is 0. The number of hydrogen-bond acceptors (Lipinski definition) is 2. The van der Waals surface area contributed by atoms with Gasteiger partial charge in [0.1, 0.15) is 0 Å². The smallest absolute Gasteiger partial charge is 0.00671 e. The number of nitrogens with one attached hydrogen (secondary N) is 1. The van der Waals surface area contributed by atoms with E-state index in [-0.39, 0.29) is 0 Å². The average Bonchev–Trinajstić information content (AvgIpc) is 2.33. The minimum atomic E-state index is 0.445. The lowest BCUT2D eigenvalue weighted by atomic mass is 9.85. The first-order valence-corrected chi connectivity index (χ1v) is 7.56. The molecular weight excluding hydrogens is 208 g/mol. The van der Waals surface area contributed by atoms with Gasteiger partial charge in [-0.05, 0) is 51.1 Å². The van der Waals surface area contributed by atoms with Crippen molar-refractivity contribution in [1.29, 1.82) is 0 Å². The Morgan fingerprint density at radius 3 is 2.65 bits per heavy atom. The van der Waals surface area contributed by atoms with E-state index in [2.05, 4.69) is 37.9 Å². The SMILES string of the molecule is CCCNCC(C)(CC)CN1CCCCC1C. The summed E-state index contributed by atoms with van der Waals surface area (Å²) in [6, 6.07) is 0.792. The Balaban J connectivity index is 2.42. The molecule has 0 aromatic heterocycles. The van der Waals surface area contributed by atoms with Crippen molar-refractivity contribution in [2.75, 3.05) is 26.2 Å². The molecule has 1 N–H and O–H groups in total. The molecule has 0 spiro atoms. The minimum absolute atomic E-state index is 0.445. The maximum absolute atomic E-state index is 3.60. The fourth-order valence-corrected chi connectivity index (χ4v) is 2.74. The molecule has 0 amide bonds. The zero-order valence-corrected chi connectivity index (χ0v) is 12.4. The highest BCUT2D eigenvalue weighted by atomic mass is 15.2. The van der Waals surface area contributed by atoms with Crippen LogP contribution >= 0.6 is 0 Å². The molecule has 0 aromatic rings. The summed E-state index contributed by atoms with van der Waals surface area (Å²) < 4.78 is 0. The molecule has 2 atom stereocenters. The highest BCUT2D eigenvalue weighted by molar-refractivity contribution is 4.83. The molecule has 0 saturated carbocycles. The van der Waals surface area contributed by atoms with Gasteiger partial charge in [0.2, 0.25) is 0 Å². The van der Waals surface area contributed by atoms with Crippen LogP contribution in [0.4, 0.5) is 0 Å². The van der Waals surface area contributed by atoms with E-state index in [1.807, 2.05) is 0 Å². The maximum atomic E-state index is 3.60. The molecule has 0 aromatic carbocycles. The van der Waals surface area contributed by atoms with Crippen LogP contribution in [0.3, 0.4) is 0 Å². The van der Waals surface area contributed by atoms with E-state index >= 15 is 0 Å². The first kappa shape index (κ1) is 15.0. The minimum Gasteiger partial charge on any atom is -0.316 e. The molecule has 1 heterocycles. The third kappa shape index (κ3) is 4.97. The Kier molecular flexibility index (Phi) is 6.50. The zero-order valence-electron chi connectivity index (χ0n) is 12.4. The Labute approximate surface area is 108 Å². The van der Waals surface area contributed by atoms with Crippen LogP contribution in [0.15, 0.2) is 0 Å². The number of rotatable bonds is 7. The lowest BCUT2D eigenvalue weighted by molar-refractivity contribution is 0.0932. The highest BCUT2D eigenvalue weighted by Gasteiger charge is 2.28. The van der Waals surface area contributed by atoms with E-state index in [0.717, 1.165) is 12.6 Å². The van der Waals surface area contributed by atoms with Crippen molar-refractivity contribution in [3.63, 3.8) is 0 Å². The van der Waals surface area contributed by atoms with Gasteiger partial charge in [0.25, 0.3) is 0 Å². The fourth-order valence-electron chi connectivity index (χ4n) is 2.74. The maximum Gasteiger partial charge on any atom is 0.00671 e. The highest BCUT2D eigenvalue weighted by Crippen LogP contribution is 2.26. The average molecular weight is 240 g/mol. The lowest BCUT2D eigenvalue weighted by Crippen LogP contribution is -2.47. The molecule has 1 aliphatic rings. The second kappa shape index (κ2) is 7.38. The summed E-state index contributed by atoms with van der Waals surface area (Å²) in [4.78, 5) is 2.71. The molecular formula is C15H32N2. The van der Waals surface area contributed by atoms with Crippen LogP contribution in [0.2, 0.25) is 0 Å². The Bertz CT molecular complexity index is 205. The van der Waals surface area contributed by atoms with Gasteiger partial charge in [0.15, 0.2) is 0 Å². The summed E-state index contributed by atoms with van der Waals surface area (Å²) in [5.41, 5.74) is 0.445. The van der Waals surface area contributed by atoms with Crippen LogP contribution in [-0.2, 0) is 0 Å². The van der Waals surface area contributed by atoms with E-state index in [0.29, 0.717) is 5.41 Å². The summed E-state index contributed by atoms with van der Waals surface area (Å²) in [6.07, 6.45) is 6.72. The Morgan fingerprint density at radius 2 is 2.06 bits per heavy atom. The summed E-state index contributed by atoms with van der Waals surface area (Å²) in [7, 11) is 0. The molecule has 1 saturated heterocycles. The molecule has 1 rings (SSSR count). The van der Waals surface area contributed by atoms with Gasteiger partial charge >= 0.3 is 0 Å². The van der Waals surface area contributed by atoms with Gasteiger partial charge in [-0.15, -0.1) is 0 Å². The molecule has 2 heteroatoms. The van der Waals surface area contributed by atoms with Gasteiger partial charge in [-0.3, -0.25) is 0 Å². The standard InChI is InChI=1S/C15H32N2/c1-5-10-16-12-15(4,6-2)13-17-11-8-7-9-14(17)3/h14,16H,5-13H2,1-4H3. The van der Waals surface area contributed by atoms with Crippen molar-refractivity contribution >= 4 is 0 Å². The fraction of sp³-hybridized carbons (Fsp3) is 1.00. The number of hydrogen-bond donors (Lipinski definition) is 1. The number of nitrogens with zero attached hydrogens (tertiary/aromatic N) is 1. The Hall–Kier alpha value is -0.0800. The van der Waals surface area contributed by atoms with Gasteiger partial charge in [0.05, 0.1) is 0 Å². The molecule has 0 bridgehead atoms. The van der Waals surface area contributed by atoms with Gasteiger partial charge in [-0.2, -0.15) is 0 Å². The molecule has 0 radical (unpaired) electrons. The van der Waals surface area contributed by atoms with Gasteiger partial charge in [-0.25, -0.2) is 0 Å². The molecule has 1 aliphatic heterocycles. The molecule has 2 unspecified atom stereocenters. The predicted molar refractivity (Wildman–Crippen MR) is 76.4 cm³/mol. The monoisotopic (exact) mass is 240 g/mol. The third-order valence-electron chi connectivity index (χ3n) is 4.36. The topological polar surface area (TPSA) is 15.3 Å². The van der Waals surface area contributed by atoms with Crippen molar-refractivity contribution in [2.45, 2.75) is 65.8 Å². The van der Waals surface area contributed by atoms with Crippen molar-refractivity contribution in [3.05, 3.63) is 0 Å². The predicted octanol–water partition coefficient (Wildman–Crippen LogP) is 3.28. The van der Waals surface area contributed by atoms with Crippen molar-refractivity contribution in [1.82, 2.24) is 10.2 Å². The molecule has 0 aliphatic carbocycles. The third-order valence-corrected chi connectivity index (χ3v) is 4.36. The quantitative estimate of drug-likeness (QED) is 0.687. The van der Waals surface area contributed by atoms with Crippen molar-refractivity contribution in [3.8, 4) is 0 Å². The van der Waals surface area contributed by atoms with Gasteiger partial charge in [0, 0.05) is 19.1 Å². The van der Waals surface area contributed by atoms with Crippen LogP contribution in [0, 0.1) is 5.41 Å². The van der Waals surface area contributed by atoms with Crippen LogP contribution in [0.1, 0.15) is 59.8 Å². The first-order chi connectivity index (χ1) is 8.11. The lowest BCUT2D eigenvalue weighted by Gasteiger charge is -2.40. The number of likely N-dealkylation sites (tertiary alicyclic amines) is 1. The van der Waals surface area contributed by atoms with E-state index in [1.54, 1.807) is 0 Å². The number of piperidine rings is 1. The van der Waals surface area contributed by atoms with E-state index < -0.39 is 0 Å². The summed E-state index contributed by atoms with van der Waals surface area (Å²) in [5.74, 6) is 0. The summed E-state index contributed by atoms with van der Waals surface area (Å²) in [6.45, 7) is 14.3. The Morgan fingerprint density at radius 1 is 1.29 bits per heavy atom. The van der Waals surface area contributed by atoms with E-state index in [4.69, 9.17) is 0 Å². The molecule has 2 nitrogen and oxygen atoms in total. The molecule has 17 heavy (non-hydrogen) atoms. The normalized spacial score (nSPS) is 25.8. The van der Waals surface area contributed by atoms with Gasteiger partial charge < -0.3 is 10.2 Å². The first-order valence-electron chi connectivity index (χ1n) is 7.56. The molecule has 1 fully saturated rings. The molecule has 102 valence electrons. The van der Waals surface area contributed by atoms with Crippen LogP contribution < -0.4 is 5.32 Å². The van der Waals surface area contributed by atoms with Crippen LogP contribution in [0.25, 0.3) is 0 Å². The van der Waals surface area contributed by atoms with E-state index in [1.165, 1.54) is 51.7 Å². The van der Waals surface area contributed by atoms with Crippen LogP contribution in [0.5, 0.6) is 0 Å². The van der Waals surface area contributed by atoms with Crippen LogP contribution in [-0.4, -0.2) is 37.1 Å². The van der Waals surface area contributed by atoms with E-state index in [9.17, 15) is 0 Å². The summed E-state index contributed by atoms with van der Waals surface area (Å²) in [5, 5.41) is 3.60. The zero-order chi connectivity index (χ0) is 12.7. The van der Waals surface area contributed by atoms with Crippen molar-refractivity contribution < 1.29 is 0 Å². The second-order valence-electron chi connectivity index (χ2n) is 6.16. The van der Waals surface area contributed by atoms with Crippen molar-refractivity contribution in [2.24, 2.45) is 5.41 Å². The second-order valence-corrected chi connectivity index (χ2v) is 6.16. The largest absolute Gasteiger partial charge is 0.316 e. The van der Waals surface area contributed by atoms with Gasteiger partial charge in [-0.1, -0.05) is 27.2 Å².